The van der Waals surface area contributed by atoms with Crippen molar-refractivity contribution in [3.63, 3.8) is 0 Å². The van der Waals surface area contributed by atoms with Crippen LogP contribution >= 0.6 is 12.2 Å². The first-order valence-corrected chi connectivity index (χ1v) is 7.60. The van der Waals surface area contributed by atoms with Crippen LogP contribution in [0.2, 0.25) is 0 Å². The van der Waals surface area contributed by atoms with Crippen molar-refractivity contribution in [2.45, 2.75) is 18.9 Å². The summed E-state index contributed by atoms with van der Waals surface area (Å²) in [6.07, 6.45) is 5.53. The van der Waals surface area contributed by atoms with Gasteiger partial charge >= 0.3 is 0 Å². The van der Waals surface area contributed by atoms with Crippen LogP contribution in [0.15, 0.2) is 36.8 Å². The van der Waals surface area contributed by atoms with Gasteiger partial charge in [-0.15, -0.1) is 0 Å². The summed E-state index contributed by atoms with van der Waals surface area (Å²) >= 11 is 4.98. The van der Waals surface area contributed by atoms with E-state index in [1.165, 1.54) is 11.1 Å². The molecular formula is C16H15N5S. The third-order valence-corrected chi connectivity index (χ3v) is 4.29. The fourth-order valence-electron chi connectivity index (χ4n) is 3.17. The summed E-state index contributed by atoms with van der Waals surface area (Å²) in [5.74, 6) is 0. The van der Waals surface area contributed by atoms with E-state index in [9.17, 15) is 0 Å². The molecule has 4 rings (SSSR count). The molecule has 0 saturated heterocycles. The summed E-state index contributed by atoms with van der Waals surface area (Å²) < 4.78 is 0. The molecule has 0 bridgehead atoms. The van der Waals surface area contributed by atoms with Gasteiger partial charge in [-0.1, -0.05) is 12.1 Å². The van der Waals surface area contributed by atoms with Gasteiger partial charge in [0, 0.05) is 17.1 Å². The Hall–Kier alpha value is -2.47. The van der Waals surface area contributed by atoms with Gasteiger partial charge in [0.2, 0.25) is 0 Å². The molecule has 6 heteroatoms. The SMILES string of the molecule is NC(=S)N[C@H]1CCc2ccc(-c3ncnc4[nH]ccc34)cc21. The molecule has 110 valence electrons. The molecule has 2 aromatic heterocycles. The van der Waals surface area contributed by atoms with Crippen LogP contribution in [0.4, 0.5) is 0 Å². The lowest BCUT2D eigenvalue weighted by atomic mass is 10.0. The lowest BCUT2D eigenvalue weighted by Gasteiger charge is -2.14. The molecule has 1 atom stereocenters. The first-order chi connectivity index (χ1) is 10.7. The standard InChI is InChI=1S/C16H15N5S/c17-16(22)21-13-4-3-9-1-2-10(7-12(9)13)14-11-5-6-18-15(11)20-8-19-14/h1-2,5-8,13H,3-4H2,(H3,17,21,22)(H,18,19,20)/t13-/m0/s1. The Morgan fingerprint density at radius 1 is 1.32 bits per heavy atom. The zero-order valence-corrected chi connectivity index (χ0v) is 12.7. The number of aromatic amines is 1. The average Bonchev–Trinajstić information content (AvgIpc) is 3.13. The minimum absolute atomic E-state index is 0.191. The smallest absolute Gasteiger partial charge is 0.164 e. The van der Waals surface area contributed by atoms with Gasteiger partial charge in [0.15, 0.2) is 5.11 Å². The van der Waals surface area contributed by atoms with Gasteiger partial charge in [-0.05, 0) is 48.3 Å². The van der Waals surface area contributed by atoms with Gasteiger partial charge < -0.3 is 16.0 Å². The second-order valence-electron chi connectivity index (χ2n) is 5.48. The van der Waals surface area contributed by atoms with E-state index < -0.39 is 0 Å². The molecule has 5 nitrogen and oxygen atoms in total. The number of H-pyrrole nitrogens is 1. The molecule has 2 heterocycles. The number of nitrogens with zero attached hydrogens (tertiary/aromatic N) is 2. The minimum Gasteiger partial charge on any atom is -0.376 e. The number of hydrogen-bond acceptors (Lipinski definition) is 3. The van der Waals surface area contributed by atoms with E-state index in [4.69, 9.17) is 18.0 Å². The van der Waals surface area contributed by atoms with Crippen LogP contribution in [0.1, 0.15) is 23.6 Å². The van der Waals surface area contributed by atoms with Crippen molar-refractivity contribution in [3.05, 3.63) is 47.9 Å². The number of hydrogen-bond donors (Lipinski definition) is 3. The lowest BCUT2D eigenvalue weighted by Crippen LogP contribution is -2.31. The summed E-state index contributed by atoms with van der Waals surface area (Å²) in [4.78, 5) is 11.8. The first-order valence-electron chi connectivity index (χ1n) is 7.19. The first kappa shape index (κ1) is 13.2. The molecule has 0 unspecified atom stereocenters. The van der Waals surface area contributed by atoms with E-state index in [0.29, 0.717) is 5.11 Å². The largest absolute Gasteiger partial charge is 0.376 e. The van der Waals surface area contributed by atoms with Crippen molar-refractivity contribution in [1.82, 2.24) is 20.3 Å². The molecule has 0 spiro atoms. The van der Waals surface area contributed by atoms with E-state index in [1.807, 2.05) is 12.3 Å². The fourth-order valence-corrected chi connectivity index (χ4v) is 3.32. The minimum atomic E-state index is 0.191. The summed E-state index contributed by atoms with van der Waals surface area (Å²) in [5, 5.41) is 4.55. The van der Waals surface area contributed by atoms with Crippen LogP contribution in [0.25, 0.3) is 22.3 Å². The van der Waals surface area contributed by atoms with Gasteiger partial charge in [-0.25, -0.2) is 9.97 Å². The van der Waals surface area contributed by atoms with Gasteiger partial charge in [0.05, 0.1) is 11.7 Å². The second kappa shape index (κ2) is 5.06. The summed E-state index contributed by atoms with van der Waals surface area (Å²) in [7, 11) is 0. The molecular weight excluding hydrogens is 294 g/mol. The molecule has 0 fully saturated rings. The van der Waals surface area contributed by atoms with E-state index in [-0.39, 0.29) is 6.04 Å². The van der Waals surface area contributed by atoms with E-state index >= 15 is 0 Å². The maximum atomic E-state index is 5.63. The predicted molar refractivity (Wildman–Crippen MR) is 90.3 cm³/mol. The van der Waals surface area contributed by atoms with Crippen LogP contribution in [-0.2, 0) is 6.42 Å². The Morgan fingerprint density at radius 3 is 3.09 bits per heavy atom. The predicted octanol–water partition coefficient (Wildman–Crippen LogP) is 2.45. The zero-order valence-electron chi connectivity index (χ0n) is 11.8. The molecule has 3 aromatic rings. The third-order valence-electron chi connectivity index (χ3n) is 4.17. The van der Waals surface area contributed by atoms with E-state index in [2.05, 4.69) is 38.5 Å². The monoisotopic (exact) mass is 309 g/mol. The van der Waals surface area contributed by atoms with Gasteiger partial charge in [0.25, 0.3) is 0 Å². The summed E-state index contributed by atoms with van der Waals surface area (Å²) in [6.45, 7) is 0. The highest BCUT2D eigenvalue weighted by Gasteiger charge is 2.23. The number of aromatic nitrogens is 3. The Morgan fingerprint density at radius 2 is 2.23 bits per heavy atom. The number of rotatable bonds is 2. The highest BCUT2D eigenvalue weighted by atomic mass is 32.1. The van der Waals surface area contributed by atoms with Crippen molar-refractivity contribution in [3.8, 4) is 11.3 Å². The molecule has 0 amide bonds. The Kier molecular flexibility index (Phi) is 3.04. The highest BCUT2D eigenvalue weighted by Crippen LogP contribution is 2.35. The van der Waals surface area contributed by atoms with Crippen molar-refractivity contribution in [2.24, 2.45) is 5.73 Å². The molecule has 1 aliphatic rings. The molecule has 0 saturated carbocycles. The quantitative estimate of drug-likeness (QED) is 0.634. The van der Waals surface area contributed by atoms with Crippen molar-refractivity contribution >= 4 is 28.4 Å². The fraction of sp³-hybridized carbons (Fsp3) is 0.188. The van der Waals surface area contributed by atoms with Crippen LogP contribution < -0.4 is 11.1 Å². The normalized spacial score (nSPS) is 16.6. The van der Waals surface area contributed by atoms with Crippen molar-refractivity contribution in [2.75, 3.05) is 0 Å². The number of benzene rings is 1. The maximum Gasteiger partial charge on any atom is 0.164 e. The van der Waals surface area contributed by atoms with Gasteiger partial charge in [-0.2, -0.15) is 0 Å². The second-order valence-corrected chi connectivity index (χ2v) is 5.92. The van der Waals surface area contributed by atoms with Crippen LogP contribution in [0.5, 0.6) is 0 Å². The molecule has 1 aliphatic carbocycles. The van der Waals surface area contributed by atoms with Crippen LogP contribution in [-0.4, -0.2) is 20.1 Å². The maximum absolute atomic E-state index is 5.63. The Balaban J connectivity index is 1.81. The van der Waals surface area contributed by atoms with E-state index in [1.54, 1.807) is 6.33 Å². The van der Waals surface area contributed by atoms with E-state index in [0.717, 1.165) is 35.1 Å². The number of fused-ring (bicyclic) bond motifs is 2. The third kappa shape index (κ3) is 2.12. The van der Waals surface area contributed by atoms with Crippen LogP contribution in [0, 0.1) is 0 Å². The van der Waals surface area contributed by atoms with Gasteiger partial charge in [0.1, 0.15) is 12.0 Å². The topological polar surface area (TPSA) is 79.6 Å². The molecule has 0 aliphatic heterocycles. The number of aryl methyl sites for hydroxylation is 1. The average molecular weight is 309 g/mol. The number of nitrogens with one attached hydrogen (secondary N) is 2. The number of nitrogens with two attached hydrogens (primary N) is 1. The molecule has 0 radical (unpaired) electrons. The van der Waals surface area contributed by atoms with Gasteiger partial charge in [-0.3, -0.25) is 0 Å². The number of thiocarbonyl (C=S) groups is 1. The molecule has 22 heavy (non-hydrogen) atoms. The van der Waals surface area contributed by atoms with Crippen LogP contribution in [0.3, 0.4) is 0 Å². The lowest BCUT2D eigenvalue weighted by molar-refractivity contribution is 0.642. The van der Waals surface area contributed by atoms with Crippen molar-refractivity contribution in [1.29, 1.82) is 0 Å². The van der Waals surface area contributed by atoms with Crippen molar-refractivity contribution < 1.29 is 0 Å². The zero-order chi connectivity index (χ0) is 15.1. The Labute approximate surface area is 133 Å². The molecule has 1 aromatic carbocycles. The molecule has 4 N–H and O–H groups in total. The highest BCUT2D eigenvalue weighted by molar-refractivity contribution is 7.80. The Bertz CT molecular complexity index is 870. The summed E-state index contributed by atoms with van der Waals surface area (Å²) in [5.41, 5.74) is 11.1. The summed E-state index contributed by atoms with van der Waals surface area (Å²) in [6, 6.07) is 8.68.